The second-order valence-corrected chi connectivity index (χ2v) is 8.54. The third-order valence-electron chi connectivity index (χ3n) is 5.37. The highest BCUT2D eigenvalue weighted by Gasteiger charge is 2.29. The number of ketones is 1. The maximum atomic E-state index is 13.2. The molecule has 2 aromatic heterocycles. The highest BCUT2D eigenvalue weighted by atomic mass is 32.2. The van der Waals surface area contributed by atoms with Crippen molar-refractivity contribution >= 4 is 40.2 Å². The summed E-state index contributed by atoms with van der Waals surface area (Å²) in [5, 5.41) is 8.20. The average Bonchev–Trinajstić information content (AvgIpc) is 3.40. The smallest absolute Gasteiger partial charge is 0.265 e. The van der Waals surface area contributed by atoms with Crippen molar-refractivity contribution < 1.29 is 9.59 Å². The molecule has 2 aromatic carbocycles. The molecule has 5 rings (SSSR count). The first kappa shape index (κ1) is 20.2. The van der Waals surface area contributed by atoms with E-state index in [0.29, 0.717) is 33.2 Å². The summed E-state index contributed by atoms with van der Waals surface area (Å²) in [5.41, 5.74) is 2.34. The van der Waals surface area contributed by atoms with E-state index < -0.39 is 0 Å². The van der Waals surface area contributed by atoms with Crippen LogP contribution >= 0.6 is 11.8 Å². The standard InChI is InChI=1S/C23H19N5O3S/c1-14(29)15-7-9-16(10-8-15)25-20(30)11-18-13-32-23-26-21-19(22(31)27(18)23)12-24-28(21)17-5-3-2-4-6-17/h2-10,12,18H,11,13H2,1H3,(H,25,30). The molecule has 0 aliphatic carbocycles. The molecule has 0 radical (unpaired) electrons. The van der Waals surface area contributed by atoms with Crippen molar-refractivity contribution in [1.82, 2.24) is 19.3 Å². The Balaban J connectivity index is 1.39. The van der Waals surface area contributed by atoms with E-state index in [0.717, 1.165) is 5.69 Å². The summed E-state index contributed by atoms with van der Waals surface area (Å²) in [5.74, 6) is 0.354. The van der Waals surface area contributed by atoms with Gasteiger partial charge in [0.05, 0.1) is 17.9 Å². The summed E-state index contributed by atoms with van der Waals surface area (Å²) >= 11 is 1.46. The number of aromatic nitrogens is 4. The van der Waals surface area contributed by atoms with Crippen LogP contribution in [0.15, 0.2) is 70.7 Å². The Hall–Kier alpha value is -3.72. The van der Waals surface area contributed by atoms with Crippen LogP contribution in [0.3, 0.4) is 0 Å². The number of amides is 1. The van der Waals surface area contributed by atoms with Crippen LogP contribution in [-0.2, 0) is 4.79 Å². The van der Waals surface area contributed by atoms with Crippen LogP contribution in [-0.4, -0.2) is 36.8 Å². The number of nitrogens with one attached hydrogen (secondary N) is 1. The van der Waals surface area contributed by atoms with Crippen molar-refractivity contribution in [3.05, 3.63) is 76.7 Å². The third kappa shape index (κ3) is 3.60. The van der Waals surface area contributed by atoms with Crippen LogP contribution in [0.2, 0.25) is 0 Å². The molecule has 1 atom stereocenters. The van der Waals surface area contributed by atoms with Crippen molar-refractivity contribution in [3.63, 3.8) is 0 Å². The van der Waals surface area contributed by atoms with Crippen LogP contribution in [0.4, 0.5) is 5.69 Å². The van der Waals surface area contributed by atoms with Gasteiger partial charge in [-0.3, -0.25) is 19.0 Å². The summed E-state index contributed by atoms with van der Waals surface area (Å²) in [6, 6.07) is 16.0. The van der Waals surface area contributed by atoms with E-state index in [2.05, 4.69) is 15.4 Å². The van der Waals surface area contributed by atoms with Gasteiger partial charge in [0, 0.05) is 23.4 Å². The molecule has 1 N–H and O–H groups in total. The maximum absolute atomic E-state index is 13.2. The van der Waals surface area contributed by atoms with Crippen LogP contribution in [0.25, 0.3) is 16.7 Å². The summed E-state index contributed by atoms with van der Waals surface area (Å²) in [6.07, 6.45) is 1.68. The third-order valence-corrected chi connectivity index (χ3v) is 6.47. The van der Waals surface area contributed by atoms with Gasteiger partial charge in [-0.2, -0.15) is 5.10 Å². The lowest BCUT2D eigenvalue weighted by molar-refractivity contribution is -0.116. The van der Waals surface area contributed by atoms with Crippen molar-refractivity contribution in [1.29, 1.82) is 0 Å². The number of fused-ring (bicyclic) bond motifs is 2. The fourth-order valence-electron chi connectivity index (χ4n) is 3.75. The first-order valence-corrected chi connectivity index (χ1v) is 11.1. The van der Waals surface area contributed by atoms with Crippen molar-refractivity contribution in [3.8, 4) is 5.69 Å². The maximum Gasteiger partial charge on any atom is 0.265 e. The Labute approximate surface area is 187 Å². The first-order chi connectivity index (χ1) is 15.5. The predicted octanol–water partition coefficient (Wildman–Crippen LogP) is 3.46. The Morgan fingerprint density at radius 3 is 2.59 bits per heavy atom. The molecule has 160 valence electrons. The number of anilines is 1. The van der Waals surface area contributed by atoms with Gasteiger partial charge in [-0.15, -0.1) is 0 Å². The van der Waals surface area contributed by atoms with Gasteiger partial charge in [-0.25, -0.2) is 9.67 Å². The molecule has 1 aliphatic rings. The average molecular weight is 446 g/mol. The number of hydrogen-bond acceptors (Lipinski definition) is 6. The number of benzene rings is 2. The summed E-state index contributed by atoms with van der Waals surface area (Å²) < 4.78 is 3.26. The number of rotatable bonds is 5. The van der Waals surface area contributed by atoms with E-state index in [1.165, 1.54) is 24.9 Å². The Morgan fingerprint density at radius 1 is 1.12 bits per heavy atom. The van der Waals surface area contributed by atoms with Gasteiger partial charge < -0.3 is 5.32 Å². The van der Waals surface area contributed by atoms with Crippen LogP contribution in [0.5, 0.6) is 0 Å². The Kier molecular flexibility index (Phi) is 5.10. The molecular formula is C23H19N5O3S. The van der Waals surface area contributed by atoms with E-state index in [1.807, 2.05) is 30.3 Å². The van der Waals surface area contributed by atoms with Gasteiger partial charge >= 0.3 is 0 Å². The number of thioether (sulfide) groups is 1. The topological polar surface area (TPSA) is 98.9 Å². The minimum absolute atomic E-state index is 0.0313. The normalized spacial score (nSPS) is 15.0. The number of carbonyl (C=O) groups is 2. The zero-order valence-electron chi connectivity index (χ0n) is 17.2. The quantitative estimate of drug-likeness (QED) is 0.373. The van der Waals surface area contributed by atoms with E-state index in [9.17, 15) is 14.4 Å². The first-order valence-electron chi connectivity index (χ1n) is 10.1. The van der Waals surface area contributed by atoms with E-state index in [1.54, 1.807) is 33.5 Å². The number of hydrogen-bond donors (Lipinski definition) is 1. The molecule has 0 saturated heterocycles. The van der Waals surface area contributed by atoms with Gasteiger partial charge in [-0.05, 0) is 43.3 Å². The second-order valence-electron chi connectivity index (χ2n) is 7.55. The molecule has 0 saturated carbocycles. The molecule has 3 heterocycles. The molecule has 1 aliphatic heterocycles. The molecule has 8 nitrogen and oxygen atoms in total. The van der Waals surface area contributed by atoms with E-state index >= 15 is 0 Å². The summed E-state index contributed by atoms with van der Waals surface area (Å²) in [7, 11) is 0. The van der Waals surface area contributed by atoms with E-state index in [-0.39, 0.29) is 29.7 Å². The molecular weight excluding hydrogens is 426 g/mol. The number of para-hydroxylation sites is 1. The van der Waals surface area contributed by atoms with Crippen molar-refractivity contribution in [2.45, 2.75) is 24.5 Å². The zero-order valence-corrected chi connectivity index (χ0v) is 18.0. The highest BCUT2D eigenvalue weighted by molar-refractivity contribution is 7.99. The monoisotopic (exact) mass is 445 g/mol. The van der Waals surface area contributed by atoms with Gasteiger partial charge in [0.1, 0.15) is 5.39 Å². The molecule has 0 spiro atoms. The Bertz CT molecular complexity index is 1390. The van der Waals surface area contributed by atoms with Crippen LogP contribution in [0.1, 0.15) is 29.7 Å². The lowest BCUT2D eigenvalue weighted by Crippen LogP contribution is -2.27. The number of nitrogens with zero attached hydrogens (tertiary/aromatic N) is 4. The molecule has 0 bridgehead atoms. The fraction of sp³-hybridized carbons (Fsp3) is 0.174. The molecule has 4 aromatic rings. The van der Waals surface area contributed by atoms with Crippen LogP contribution in [0, 0.1) is 0 Å². The molecule has 0 fully saturated rings. The summed E-state index contributed by atoms with van der Waals surface area (Å²) in [6.45, 7) is 1.50. The summed E-state index contributed by atoms with van der Waals surface area (Å²) in [4.78, 5) is 41.9. The van der Waals surface area contributed by atoms with Gasteiger partial charge in [0.25, 0.3) is 5.56 Å². The SMILES string of the molecule is CC(=O)c1ccc(NC(=O)CC2CSc3nc4c(cnn4-c4ccccc4)c(=O)n32)cc1. The van der Waals surface area contributed by atoms with Crippen LogP contribution < -0.4 is 10.9 Å². The second kappa shape index (κ2) is 8.08. The lowest BCUT2D eigenvalue weighted by Gasteiger charge is -2.13. The predicted molar refractivity (Wildman–Crippen MR) is 123 cm³/mol. The molecule has 1 unspecified atom stereocenters. The van der Waals surface area contributed by atoms with Gasteiger partial charge in [-0.1, -0.05) is 30.0 Å². The minimum atomic E-state index is -0.295. The lowest BCUT2D eigenvalue weighted by atomic mass is 10.1. The highest BCUT2D eigenvalue weighted by Crippen LogP contribution is 2.33. The van der Waals surface area contributed by atoms with E-state index in [4.69, 9.17) is 0 Å². The largest absolute Gasteiger partial charge is 0.326 e. The Morgan fingerprint density at radius 2 is 1.88 bits per heavy atom. The van der Waals surface area contributed by atoms with Crippen molar-refractivity contribution in [2.75, 3.05) is 11.1 Å². The number of Topliss-reactive ketones (excluding diaryl/α,β-unsaturated/α-hetero) is 1. The van der Waals surface area contributed by atoms with Gasteiger partial charge in [0.15, 0.2) is 16.6 Å². The zero-order chi connectivity index (χ0) is 22.2. The number of carbonyl (C=O) groups excluding carboxylic acids is 2. The van der Waals surface area contributed by atoms with Gasteiger partial charge in [0.2, 0.25) is 5.91 Å². The fourth-order valence-corrected chi connectivity index (χ4v) is 4.88. The van der Waals surface area contributed by atoms with Crippen molar-refractivity contribution in [2.24, 2.45) is 0 Å². The minimum Gasteiger partial charge on any atom is -0.326 e. The molecule has 1 amide bonds. The molecule has 9 heteroatoms. The molecule has 32 heavy (non-hydrogen) atoms.